The van der Waals surface area contributed by atoms with Crippen LogP contribution in [0.3, 0.4) is 0 Å². The third-order valence-corrected chi connectivity index (χ3v) is 5.03. The van der Waals surface area contributed by atoms with Crippen LogP contribution >= 0.6 is 11.3 Å². The number of non-ortho nitro benzene ring substituents is 1. The van der Waals surface area contributed by atoms with E-state index in [1.54, 1.807) is 48.5 Å². The van der Waals surface area contributed by atoms with Gasteiger partial charge in [0.05, 0.1) is 12.0 Å². The summed E-state index contributed by atoms with van der Waals surface area (Å²) < 4.78 is 5.12. The van der Waals surface area contributed by atoms with Crippen molar-refractivity contribution in [2.24, 2.45) is 0 Å². The summed E-state index contributed by atoms with van der Waals surface area (Å²) in [6, 6.07) is 18.6. The number of nitrogens with zero attached hydrogens (tertiary/aromatic N) is 2. The summed E-state index contributed by atoms with van der Waals surface area (Å²) in [7, 11) is 1.53. The van der Waals surface area contributed by atoms with Crippen molar-refractivity contribution in [3.63, 3.8) is 0 Å². The molecule has 0 unspecified atom stereocenters. The van der Waals surface area contributed by atoms with E-state index in [1.165, 1.54) is 36.7 Å². The van der Waals surface area contributed by atoms with E-state index in [2.05, 4.69) is 5.32 Å². The van der Waals surface area contributed by atoms with E-state index in [-0.39, 0.29) is 11.3 Å². The minimum Gasteiger partial charge on any atom is -0.497 e. The molecule has 3 rings (SSSR count). The molecule has 0 saturated carbocycles. The number of nitro groups is 1. The molecule has 3 aromatic rings. The zero-order valence-electron chi connectivity index (χ0n) is 15.3. The number of hydrogen-bond acceptors (Lipinski definition) is 6. The number of nitrogens with one attached hydrogen (secondary N) is 1. The van der Waals surface area contributed by atoms with Crippen molar-refractivity contribution in [1.29, 1.82) is 5.26 Å². The first-order valence-corrected chi connectivity index (χ1v) is 9.23. The Balaban J connectivity index is 1.81. The molecule has 0 aliphatic carbocycles. The summed E-state index contributed by atoms with van der Waals surface area (Å²) in [6.45, 7) is 0. The van der Waals surface area contributed by atoms with Crippen LogP contribution in [0.1, 0.15) is 4.88 Å². The largest absolute Gasteiger partial charge is 0.497 e. The zero-order valence-corrected chi connectivity index (χ0v) is 16.1. The summed E-state index contributed by atoms with van der Waals surface area (Å²) in [6.07, 6.45) is 1.49. The number of nitriles is 1. The fraction of sp³-hybridized carbons (Fsp3) is 0.0476. The van der Waals surface area contributed by atoms with E-state index in [9.17, 15) is 20.2 Å². The summed E-state index contributed by atoms with van der Waals surface area (Å²) in [5.41, 5.74) is 1.16. The maximum Gasteiger partial charge on any atom is 0.270 e. The van der Waals surface area contributed by atoms with Crippen LogP contribution in [0, 0.1) is 21.4 Å². The highest BCUT2D eigenvalue weighted by atomic mass is 32.1. The molecule has 0 saturated heterocycles. The van der Waals surface area contributed by atoms with Crippen molar-refractivity contribution in [3.8, 4) is 22.3 Å². The van der Waals surface area contributed by atoms with E-state index >= 15 is 0 Å². The van der Waals surface area contributed by atoms with Crippen LogP contribution in [0.15, 0.2) is 66.2 Å². The van der Waals surface area contributed by atoms with E-state index in [0.717, 1.165) is 4.88 Å². The molecular formula is C21H15N3O4S. The second-order valence-electron chi connectivity index (χ2n) is 5.87. The van der Waals surface area contributed by atoms with Gasteiger partial charge in [-0.1, -0.05) is 18.2 Å². The summed E-state index contributed by atoms with van der Waals surface area (Å²) in [5, 5.41) is 23.0. The van der Waals surface area contributed by atoms with Crippen LogP contribution in [0.4, 0.5) is 11.4 Å². The molecular weight excluding hydrogens is 390 g/mol. The third kappa shape index (κ3) is 4.86. The highest BCUT2D eigenvalue weighted by molar-refractivity contribution is 7.16. The van der Waals surface area contributed by atoms with Crippen molar-refractivity contribution in [3.05, 3.63) is 81.2 Å². The molecule has 8 heteroatoms. The number of carbonyl (C=O) groups is 1. The minimum atomic E-state index is -0.536. The molecule has 0 aliphatic heterocycles. The van der Waals surface area contributed by atoms with E-state index < -0.39 is 10.8 Å². The number of benzene rings is 2. The second kappa shape index (κ2) is 8.82. The van der Waals surface area contributed by atoms with Crippen LogP contribution in [0.5, 0.6) is 5.75 Å². The number of anilines is 1. The molecule has 1 heterocycles. The van der Waals surface area contributed by atoms with Crippen molar-refractivity contribution < 1.29 is 14.5 Å². The van der Waals surface area contributed by atoms with Crippen molar-refractivity contribution in [2.75, 3.05) is 12.4 Å². The summed E-state index contributed by atoms with van der Waals surface area (Å²) >= 11 is 1.33. The molecule has 0 aliphatic rings. The average Bonchev–Trinajstić information content (AvgIpc) is 3.21. The Morgan fingerprint density at radius 1 is 1.21 bits per heavy atom. The Labute approximate surface area is 170 Å². The lowest BCUT2D eigenvalue weighted by atomic mass is 10.1. The summed E-state index contributed by atoms with van der Waals surface area (Å²) in [5.74, 6) is 0.0520. The van der Waals surface area contributed by atoms with Gasteiger partial charge in [0.25, 0.3) is 11.6 Å². The lowest BCUT2D eigenvalue weighted by Crippen LogP contribution is -2.13. The maximum absolute atomic E-state index is 12.4. The van der Waals surface area contributed by atoms with Crippen LogP contribution in [0.25, 0.3) is 16.5 Å². The van der Waals surface area contributed by atoms with Gasteiger partial charge in [0, 0.05) is 33.6 Å². The van der Waals surface area contributed by atoms with Gasteiger partial charge in [0.2, 0.25) is 0 Å². The SMILES string of the molecule is COc1cccc(NC(=O)/C(C#N)=C/c2ccc(-c3cccc([N+](=O)[O-])c3)s2)c1. The smallest absolute Gasteiger partial charge is 0.270 e. The quantitative estimate of drug-likeness (QED) is 0.272. The molecule has 0 radical (unpaired) electrons. The monoisotopic (exact) mass is 405 g/mol. The molecule has 0 fully saturated rings. The second-order valence-corrected chi connectivity index (χ2v) is 6.98. The first-order valence-electron chi connectivity index (χ1n) is 8.42. The van der Waals surface area contributed by atoms with Crippen LogP contribution in [-0.4, -0.2) is 17.9 Å². The number of carbonyl (C=O) groups excluding carboxylic acids is 1. The highest BCUT2D eigenvalue weighted by Crippen LogP contribution is 2.31. The molecule has 7 nitrogen and oxygen atoms in total. The van der Waals surface area contributed by atoms with E-state index in [0.29, 0.717) is 21.9 Å². The fourth-order valence-corrected chi connectivity index (χ4v) is 3.50. The standard InChI is InChI=1S/C21H15N3O4S/c1-28-18-7-3-5-16(12-18)23-21(25)15(13-22)11-19-8-9-20(29-19)14-4-2-6-17(10-14)24(26)27/h2-12H,1H3,(H,23,25)/b15-11+. The predicted octanol–water partition coefficient (Wildman–Crippen LogP) is 4.88. The number of thiophene rings is 1. The third-order valence-electron chi connectivity index (χ3n) is 3.95. The number of ether oxygens (including phenoxy) is 1. The number of amides is 1. The lowest BCUT2D eigenvalue weighted by Gasteiger charge is -2.06. The van der Waals surface area contributed by atoms with Gasteiger partial charge in [0.15, 0.2) is 0 Å². The topological polar surface area (TPSA) is 105 Å². The Bertz CT molecular complexity index is 1140. The van der Waals surface area contributed by atoms with Gasteiger partial charge in [-0.05, 0) is 35.9 Å². The number of methoxy groups -OCH3 is 1. The first-order chi connectivity index (χ1) is 14.0. The highest BCUT2D eigenvalue weighted by Gasteiger charge is 2.12. The van der Waals surface area contributed by atoms with E-state index in [4.69, 9.17) is 4.74 Å². The van der Waals surface area contributed by atoms with Crippen molar-refractivity contribution >= 4 is 34.7 Å². The number of nitro benzene ring substituents is 1. The molecule has 0 spiro atoms. The fourth-order valence-electron chi connectivity index (χ4n) is 2.55. The van der Waals surface area contributed by atoms with Gasteiger partial charge >= 0.3 is 0 Å². The van der Waals surface area contributed by atoms with Gasteiger partial charge in [0.1, 0.15) is 17.4 Å². The Morgan fingerprint density at radius 3 is 2.72 bits per heavy atom. The molecule has 1 aromatic heterocycles. The van der Waals surface area contributed by atoms with Gasteiger partial charge in [-0.25, -0.2) is 0 Å². The Hall–Kier alpha value is -3.96. The summed E-state index contributed by atoms with van der Waals surface area (Å²) in [4.78, 5) is 24.4. The first kappa shape index (κ1) is 19.8. The molecule has 0 bridgehead atoms. The number of rotatable bonds is 6. The van der Waals surface area contributed by atoms with Crippen LogP contribution in [0.2, 0.25) is 0 Å². The molecule has 144 valence electrons. The van der Waals surface area contributed by atoms with Gasteiger partial charge < -0.3 is 10.1 Å². The maximum atomic E-state index is 12.4. The van der Waals surface area contributed by atoms with Crippen molar-refractivity contribution in [2.45, 2.75) is 0 Å². The molecule has 29 heavy (non-hydrogen) atoms. The van der Waals surface area contributed by atoms with Crippen LogP contribution < -0.4 is 10.1 Å². The Kier molecular flexibility index (Phi) is 6.02. The van der Waals surface area contributed by atoms with Crippen molar-refractivity contribution in [1.82, 2.24) is 0 Å². The van der Waals surface area contributed by atoms with Gasteiger partial charge in [-0.15, -0.1) is 11.3 Å². The van der Waals surface area contributed by atoms with E-state index in [1.807, 2.05) is 6.07 Å². The minimum absolute atomic E-state index is 0.00312. The average molecular weight is 405 g/mol. The molecule has 0 atom stereocenters. The van der Waals surface area contributed by atoms with Gasteiger partial charge in [-0.3, -0.25) is 14.9 Å². The lowest BCUT2D eigenvalue weighted by molar-refractivity contribution is -0.384. The molecule has 1 N–H and O–H groups in total. The van der Waals surface area contributed by atoms with Crippen LogP contribution in [-0.2, 0) is 4.79 Å². The zero-order chi connectivity index (χ0) is 20.8. The van der Waals surface area contributed by atoms with Gasteiger partial charge in [-0.2, -0.15) is 5.26 Å². The Morgan fingerprint density at radius 2 is 2.00 bits per heavy atom. The molecule has 2 aromatic carbocycles. The predicted molar refractivity (Wildman–Crippen MR) is 112 cm³/mol. The molecule has 1 amide bonds. The number of hydrogen-bond donors (Lipinski definition) is 1. The normalized spacial score (nSPS) is 10.8.